The second-order valence-corrected chi connectivity index (χ2v) is 6.73. The number of nitrogens with two attached hydrogens (primary N) is 1. The Labute approximate surface area is 137 Å². The maximum Gasteiger partial charge on any atom is 0.244 e. The standard InChI is InChI=1S/C18H26N2O3/c1-13-12-14(20-17(21)18(19)8-2-3-9-18)4-5-16(13)23-15-6-10-22-11-7-15/h4-5,12,15H,2-3,6-11,19H2,1H3,(H,20,21). The van der Waals surface area contributed by atoms with Crippen LogP contribution in [0.4, 0.5) is 5.69 Å². The maximum atomic E-state index is 12.4. The molecule has 0 radical (unpaired) electrons. The molecule has 0 unspecified atom stereocenters. The van der Waals surface area contributed by atoms with Gasteiger partial charge in [-0.25, -0.2) is 0 Å². The lowest BCUT2D eigenvalue weighted by Crippen LogP contribution is -2.48. The van der Waals surface area contributed by atoms with Crippen LogP contribution in [0, 0.1) is 6.92 Å². The van der Waals surface area contributed by atoms with Gasteiger partial charge < -0.3 is 20.5 Å². The fourth-order valence-electron chi connectivity index (χ4n) is 3.32. The number of ether oxygens (including phenoxy) is 2. The first-order valence-electron chi connectivity index (χ1n) is 8.52. The first-order chi connectivity index (χ1) is 11.1. The zero-order chi connectivity index (χ0) is 16.3. The lowest BCUT2D eigenvalue weighted by molar-refractivity contribution is -0.121. The Bertz CT molecular complexity index is 561. The van der Waals surface area contributed by atoms with Crippen LogP contribution in [-0.2, 0) is 9.53 Å². The van der Waals surface area contributed by atoms with E-state index in [4.69, 9.17) is 15.2 Å². The van der Waals surface area contributed by atoms with Crippen LogP contribution >= 0.6 is 0 Å². The van der Waals surface area contributed by atoms with E-state index in [0.717, 1.165) is 68.7 Å². The molecule has 2 fully saturated rings. The summed E-state index contributed by atoms with van der Waals surface area (Å²) in [7, 11) is 0. The summed E-state index contributed by atoms with van der Waals surface area (Å²) < 4.78 is 11.4. The van der Waals surface area contributed by atoms with Gasteiger partial charge in [0.2, 0.25) is 5.91 Å². The van der Waals surface area contributed by atoms with Crippen LogP contribution in [0.5, 0.6) is 5.75 Å². The summed E-state index contributed by atoms with van der Waals surface area (Å²) in [5, 5.41) is 2.96. The number of carbonyl (C=O) groups excluding carboxylic acids is 1. The predicted octanol–water partition coefficient (Wildman–Crippen LogP) is 2.76. The normalized spacial score (nSPS) is 21.1. The molecule has 0 spiro atoms. The highest BCUT2D eigenvalue weighted by Crippen LogP contribution is 2.30. The maximum absolute atomic E-state index is 12.4. The number of rotatable bonds is 4. The van der Waals surface area contributed by atoms with Gasteiger partial charge in [-0.1, -0.05) is 12.8 Å². The van der Waals surface area contributed by atoms with Crippen molar-refractivity contribution in [2.75, 3.05) is 18.5 Å². The largest absolute Gasteiger partial charge is 0.490 e. The Hall–Kier alpha value is -1.59. The predicted molar refractivity (Wildman–Crippen MR) is 89.7 cm³/mol. The van der Waals surface area contributed by atoms with Crippen molar-refractivity contribution in [2.45, 2.75) is 57.1 Å². The topological polar surface area (TPSA) is 73.6 Å². The molecule has 3 rings (SSSR count). The highest BCUT2D eigenvalue weighted by molar-refractivity contribution is 5.98. The first-order valence-corrected chi connectivity index (χ1v) is 8.52. The van der Waals surface area contributed by atoms with Crippen LogP contribution in [-0.4, -0.2) is 30.8 Å². The quantitative estimate of drug-likeness (QED) is 0.895. The molecule has 5 nitrogen and oxygen atoms in total. The summed E-state index contributed by atoms with van der Waals surface area (Å²) in [4.78, 5) is 12.4. The van der Waals surface area contributed by atoms with Gasteiger partial charge in [0.05, 0.1) is 18.8 Å². The van der Waals surface area contributed by atoms with E-state index in [2.05, 4.69) is 5.32 Å². The zero-order valence-corrected chi connectivity index (χ0v) is 13.8. The summed E-state index contributed by atoms with van der Waals surface area (Å²) in [5.74, 6) is 0.797. The van der Waals surface area contributed by atoms with Gasteiger partial charge in [0.1, 0.15) is 11.9 Å². The molecule has 0 bridgehead atoms. The Balaban J connectivity index is 1.63. The highest BCUT2D eigenvalue weighted by atomic mass is 16.5. The minimum Gasteiger partial charge on any atom is -0.490 e. The molecule has 5 heteroatoms. The van der Waals surface area contributed by atoms with E-state index in [1.165, 1.54) is 0 Å². The molecule has 1 saturated carbocycles. The van der Waals surface area contributed by atoms with E-state index in [1.807, 2.05) is 25.1 Å². The van der Waals surface area contributed by atoms with E-state index in [1.54, 1.807) is 0 Å². The van der Waals surface area contributed by atoms with Crippen molar-refractivity contribution in [1.82, 2.24) is 0 Å². The molecule has 23 heavy (non-hydrogen) atoms. The number of hydrogen-bond donors (Lipinski definition) is 2. The Kier molecular flexibility index (Phi) is 4.87. The molecule has 1 aromatic carbocycles. The second-order valence-electron chi connectivity index (χ2n) is 6.73. The third-order valence-electron chi connectivity index (χ3n) is 4.84. The molecule has 2 aliphatic rings. The number of hydrogen-bond acceptors (Lipinski definition) is 4. The van der Waals surface area contributed by atoms with Crippen molar-refractivity contribution >= 4 is 11.6 Å². The minimum absolute atomic E-state index is 0.0764. The molecule has 0 aromatic heterocycles. The van der Waals surface area contributed by atoms with Crippen molar-refractivity contribution < 1.29 is 14.3 Å². The molecule has 1 aliphatic carbocycles. The van der Waals surface area contributed by atoms with Gasteiger partial charge >= 0.3 is 0 Å². The number of amides is 1. The lowest BCUT2D eigenvalue weighted by Gasteiger charge is -2.25. The number of benzene rings is 1. The number of aryl methyl sites for hydroxylation is 1. The summed E-state index contributed by atoms with van der Waals surface area (Å²) in [6.07, 6.45) is 5.66. The fraction of sp³-hybridized carbons (Fsp3) is 0.611. The van der Waals surface area contributed by atoms with Crippen LogP contribution < -0.4 is 15.8 Å². The van der Waals surface area contributed by atoms with Crippen LogP contribution in [0.2, 0.25) is 0 Å². The molecule has 1 heterocycles. The zero-order valence-electron chi connectivity index (χ0n) is 13.8. The van der Waals surface area contributed by atoms with Crippen LogP contribution in [0.25, 0.3) is 0 Å². The SMILES string of the molecule is Cc1cc(NC(=O)C2(N)CCCC2)ccc1OC1CCOCC1. The summed E-state index contributed by atoms with van der Waals surface area (Å²) in [5.41, 5.74) is 7.29. The van der Waals surface area contributed by atoms with E-state index < -0.39 is 5.54 Å². The number of carbonyl (C=O) groups is 1. The second kappa shape index (κ2) is 6.89. The molecule has 1 aromatic rings. The number of nitrogens with one attached hydrogen (secondary N) is 1. The van der Waals surface area contributed by atoms with E-state index in [0.29, 0.717) is 0 Å². The van der Waals surface area contributed by atoms with Gasteiger partial charge in [0.25, 0.3) is 0 Å². The van der Waals surface area contributed by atoms with Gasteiger partial charge in [-0.3, -0.25) is 4.79 Å². The van der Waals surface area contributed by atoms with Crippen molar-refractivity contribution in [1.29, 1.82) is 0 Å². The van der Waals surface area contributed by atoms with E-state index in [9.17, 15) is 4.79 Å². The van der Waals surface area contributed by atoms with Gasteiger partial charge in [-0.2, -0.15) is 0 Å². The average molecular weight is 318 g/mol. The molecule has 1 aliphatic heterocycles. The van der Waals surface area contributed by atoms with E-state index in [-0.39, 0.29) is 12.0 Å². The monoisotopic (exact) mass is 318 g/mol. The summed E-state index contributed by atoms with van der Waals surface area (Å²) >= 11 is 0. The third kappa shape index (κ3) is 3.85. The van der Waals surface area contributed by atoms with Gasteiger partial charge in [0.15, 0.2) is 0 Å². The molecule has 1 amide bonds. The molecular weight excluding hydrogens is 292 g/mol. The Morgan fingerprint density at radius 3 is 2.65 bits per heavy atom. The van der Waals surface area contributed by atoms with Crippen molar-refractivity contribution in [2.24, 2.45) is 5.73 Å². The Morgan fingerprint density at radius 2 is 2.00 bits per heavy atom. The van der Waals surface area contributed by atoms with Crippen molar-refractivity contribution in [3.8, 4) is 5.75 Å². The lowest BCUT2D eigenvalue weighted by atomic mass is 9.98. The average Bonchev–Trinajstić information content (AvgIpc) is 2.99. The van der Waals surface area contributed by atoms with Crippen LogP contribution in [0.3, 0.4) is 0 Å². The highest BCUT2D eigenvalue weighted by Gasteiger charge is 2.37. The van der Waals surface area contributed by atoms with Crippen molar-refractivity contribution in [3.63, 3.8) is 0 Å². The first kappa shape index (κ1) is 16.3. The van der Waals surface area contributed by atoms with Gasteiger partial charge in [-0.05, 0) is 43.5 Å². The molecule has 3 N–H and O–H groups in total. The minimum atomic E-state index is -0.703. The number of anilines is 1. The Morgan fingerprint density at radius 1 is 1.30 bits per heavy atom. The third-order valence-corrected chi connectivity index (χ3v) is 4.84. The molecule has 126 valence electrons. The van der Waals surface area contributed by atoms with E-state index >= 15 is 0 Å². The van der Waals surface area contributed by atoms with Crippen LogP contribution in [0.1, 0.15) is 44.1 Å². The molecular formula is C18H26N2O3. The van der Waals surface area contributed by atoms with Gasteiger partial charge in [-0.15, -0.1) is 0 Å². The smallest absolute Gasteiger partial charge is 0.244 e. The summed E-state index contributed by atoms with van der Waals surface area (Å²) in [6, 6.07) is 5.76. The molecule has 1 saturated heterocycles. The molecule has 0 atom stereocenters. The van der Waals surface area contributed by atoms with Crippen molar-refractivity contribution in [3.05, 3.63) is 23.8 Å². The fourth-order valence-corrected chi connectivity index (χ4v) is 3.32. The van der Waals surface area contributed by atoms with Crippen LogP contribution in [0.15, 0.2) is 18.2 Å². The van der Waals surface area contributed by atoms with Gasteiger partial charge in [0, 0.05) is 18.5 Å². The summed E-state index contributed by atoms with van der Waals surface area (Å²) in [6.45, 7) is 3.52.